The molecule has 1 atom stereocenters. The number of carboxylic acids is 1. The Hall–Kier alpha value is -2.28. The van der Waals surface area contributed by atoms with Crippen LogP contribution in [-0.4, -0.2) is 11.1 Å². The number of alkyl halides is 3. The zero-order valence-electron chi connectivity index (χ0n) is 11.3. The predicted octanol–water partition coefficient (Wildman–Crippen LogP) is 4.70. The molecule has 2 aromatic rings. The second-order valence-electron chi connectivity index (χ2n) is 4.53. The first kappa shape index (κ1) is 17.1. The van der Waals surface area contributed by atoms with Crippen molar-refractivity contribution in [2.24, 2.45) is 0 Å². The minimum atomic E-state index is -4.91. The van der Waals surface area contributed by atoms with Crippen LogP contribution in [-0.2, 0) is 11.0 Å². The highest BCUT2D eigenvalue weighted by atomic mass is 35.5. The normalized spacial score (nSPS) is 12.7. The summed E-state index contributed by atoms with van der Waals surface area (Å²) in [4.78, 5) is 11.3. The molecular weight excluding hydrogens is 340 g/mol. The summed E-state index contributed by atoms with van der Waals surface area (Å²) < 4.78 is 56.3. The van der Waals surface area contributed by atoms with Gasteiger partial charge in [0.15, 0.2) is 0 Å². The number of ether oxygens (including phenoxy) is 1. The van der Waals surface area contributed by atoms with Gasteiger partial charge in [0.25, 0.3) is 0 Å². The van der Waals surface area contributed by atoms with Crippen LogP contribution in [0.4, 0.5) is 17.6 Å². The highest BCUT2D eigenvalue weighted by Gasteiger charge is 2.35. The predicted molar refractivity (Wildman–Crippen MR) is 73.9 cm³/mol. The molecule has 0 bridgehead atoms. The Balaban J connectivity index is 2.34. The molecule has 0 spiro atoms. The third-order valence-corrected chi connectivity index (χ3v) is 3.15. The number of aliphatic carboxylic acids is 1. The van der Waals surface area contributed by atoms with Crippen molar-refractivity contribution in [1.29, 1.82) is 0 Å². The highest BCUT2D eigenvalue weighted by molar-refractivity contribution is 6.30. The van der Waals surface area contributed by atoms with Crippen LogP contribution in [0.15, 0.2) is 42.5 Å². The largest absolute Gasteiger partial charge is 0.478 e. The van der Waals surface area contributed by atoms with Gasteiger partial charge in [-0.1, -0.05) is 23.7 Å². The molecule has 3 nitrogen and oxygen atoms in total. The lowest BCUT2D eigenvalue weighted by atomic mass is 10.1. The van der Waals surface area contributed by atoms with Crippen LogP contribution in [0, 0.1) is 5.82 Å². The Morgan fingerprint density at radius 3 is 2.26 bits per heavy atom. The molecule has 2 rings (SSSR count). The number of benzene rings is 2. The van der Waals surface area contributed by atoms with Crippen LogP contribution in [0.3, 0.4) is 0 Å². The maximum atomic E-state index is 13.2. The van der Waals surface area contributed by atoms with Gasteiger partial charge in [-0.05, 0) is 30.3 Å². The van der Waals surface area contributed by atoms with Gasteiger partial charge in [-0.2, -0.15) is 13.2 Å². The Morgan fingerprint density at radius 1 is 1.13 bits per heavy atom. The Morgan fingerprint density at radius 2 is 1.74 bits per heavy atom. The van der Waals surface area contributed by atoms with E-state index in [1.54, 1.807) is 0 Å². The summed E-state index contributed by atoms with van der Waals surface area (Å²) in [7, 11) is 0. The molecule has 0 amide bonds. The Bertz CT molecular complexity index is 714. The fourth-order valence-electron chi connectivity index (χ4n) is 1.83. The second kappa shape index (κ2) is 6.45. The third-order valence-electron chi connectivity index (χ3n) is 2.89. The molecule has 0 aliphatic rings. The molecule has 0 radical (unpaired) electrons. The van der Waals surface area contributed by atoms with Gasteiger partial charge in [-0.3, -0.25) is 0 Å². The van der Waals surface area contributed by atoms with Gasteiger partial charge in [0.2, 0.25) is 6.10 Å². The maximum absolute atomic E-state index is 13.2. The van der Waals surface area contributed by atoms with Crippen molar-refractivity contribution in [1.82, 2.24) is 0 Å². The van der Waals surface area contributed by atoms with Gasteiger partial charge in [0.05, 0.1) is 5.56 Å². The van der Waals surface area contributed by atoms with Gasteiger partial charge in [-0.25, -0.2) is 9.18 Å². The molecule has 0 heterocycles. The third kappa shape index (κ3) is 4.13. The van der Waals surface area contributed by atoms with E-state index in [0.717, 1.165) is 6.07 Å². The van der Waals surface area contributed by atoms with Crippen LogP contribution >= 0.6 is 11.6 Å². The molecule has 0 fully saturated rings. The Labute approximate surface area is 133 Å². The van der Waals surface area contributed by atoms with Crippen LogP contribution in [0.1, 0.15) is 17.2 Å². The SMILES string of the molecule is O=C(O)C(Oc1ccc(F)c(C(F)(F)F)c1)c1ccc(Cl)cc1. The molecule has 1 unspecified atom stereocenters. The standard InChI is InChI=1S/C15H9ClF4O3/c16-9-3-1-8(2-4-9)13(14(21)22)23-10-5-6-12(17)11(7-10)15(18,19)20/h1-7,13H,(H,21,22). The average Bonchev–Trinajstić information content (AvgIpc) is 2.46. The lowest BCUT2D eigenvalue weighted by molar-refractivity contribution is -0.145. The summed E-state index contributed by atoms with van der Waals surface area (Å²) in [5, 5.41) is 9.55. The summed E-state index contributed by atoms with van der Waals surface area (Å²) >= 11 is 5.69. The molecule has 23 heavy (non-hydrogen) atoms. The fourth-order valence-corrected chi connectivity index (χ4v) is 1.96. The van der Waals surface area contributed by atoms with Crippen LogP contribution < -0.4 is 4.74 Å². The molecule has 122 valence electrons. The molecular formula is C15H9ClF4O3. The first-order valence-electron chi connectivity index (χ1n) is 6.20. The highest BCUT2D eigenvalue weighted by Crippen LogP contribution is 2.34. The molecule has 0 aliphatic heterocycles. The number of carboxylic acid groups (broad SMARTS) is 1. The number of halogens is 5. The molecule has 0 aliphatic carbocycles. The van der Waals surface area contributed by atoms with E-state index in [1.165, 1.54) is 24.3 Å². The van der Waals surface area contributed by atoms with Crippen molar-refractivity contribution < 1.29 is 32.2 Å². The monoisotopic (exact) mass is 348 g/mol. The van der Waals surface area contributed by atoms with Gasteiger partial charge >= 0.3 is 12.1 Å². The van der Waals surface area contributed by atoms with E-state index in [0.29, 0.717) is 17.2 Å². The quantitative estimate of drug-likeness (QED) is 0.814. The molecule has 2 aromatic carbocycles. The van der Waals surface area contributed by atoms with E-state index in [9.17, 15) is 27.5 Å². The van der Waals surface area contributed by atoms with Gasteiger partial charge < -0.3 is 9.84 Å². The van der Waals surface area contributed by atoms with Crippen molar-refractivity contribution in [3.8, 4) is 5.75 Å². The van der Waals surface area contributed by atoms with E-state index in [1.807, 2.05) is 0 Å². The van der Waals surface area contributed by atoms with E-state index >= 15 is 0 Å². The average molecular weight is 349 g/mol. The summed E-state index contributed by atoms with van der Waals surface area (Å²) in [5.41, 5.74) is -1.35. The first-order valence-corrected chi connectivity index (χ1v) is 6.58. The zero-order chi connectivity index (χ0) is 17.2. The van der Waals surface area contributed by atoms with Crippen LogP contribution in [0.5, 0.6) is 5.75 Å². The van der Waals surface area contributed by atoms with Crippen LogP contribution in [0.2, 0.25) is 5.02 Å². The van der Waals surface area contributed by atoms with Crippen molar-refractivity contribution >= 4 is 17.6 Å². The van der Waals surface area contributed by atoms with E-state index in [-0.39, 0.29) is 5.56 Å². The minimum Gasteiger partial charge on any atom is -0.478 e. The first-order chi connectivity index (χ1) is 10.7. The van der Waals surface area contributed by atoms with Crippen molar-refractivity contribution in [2.75, 3.05) is 0 Å². The summed E-state index contributed by atoms with van der Waals surface area (Å²) in [5.74, 6) is -3.30. The topological polar surface area (TPSA) is 46.5 Å². The number of hydrogen-bond donors (Lipinski definition) is 1. The fraction of sp³-hybridized carbons (Fsp3) is 0.133. The molecule has 1 N–H and O–H groups in total. The summed E-state index contributed by atoms with van der Waals surface area (Å²) in [6.45, 7) is 0. The lowest BCUT2D eigenvalue weighted by Crippen LogP contribution is -2.18. The summed E-state index contributed by atoms with van der Waals surface area (Å²) in [6.07, 6.45) is -6.47. The summed E-state index contributed by atoms with van der Waals surface area (Å²) in [6, 6.07) is 7.49. The van der Waals surface area contributed by atoms with Crippen LogP contribution in [0.25, 0.3) is 0 Å². The van der Waals surface area contributed by atoms with E-state index < -0.39 is 35.4 Å². The van der Waals surface area contributed by atoms with Crippen molar-refractivity contribution in [3.05, 3.63) is 64.4 Å². The molecule has 0 saturated heterocycles. The minimum absolute atomic E-state index is 0.180. The van der Waals surface area contributed by atoms with E-state index in [2.05, 4.69) is 0 Å². The Kier molecular flexibility index (Phi) is 4.79. The molecule has 0 saturated carbocycles. The van der Waals surface area contributed by atoms with Gasteiger partial charge in [-0.15, -0.1) is 0 Å². The molecule has 0 aromatic heterocycles. The number of rotatable bonds is 4. The number of carbonyl (C=O) groups is 1. The smallest absolute Gasteiger partial charge is 0.419 e. The van der Waals surface area contributed by atoms with E-state index in [4.69, 9.17) is 16.3 Å². The second-order valence-corrected chi connectivity index (χ2v) is 4.96. The number of hydrogen-bond acceptors (Lipinski definition) is 2. The maximum Gasteiger partial charge on any atom is 0.419 e. The van der Waals surface area contributed by atoms with Gasteiger partial charge in [0.1, 0.15) is 11.6 Å². The van der Waals surface area contributed by atoms with Crippen molar-refractivity contribution in [2.45, 2.75) is 12.3 Å². The zero-order valence-corrected chi connectivity index (χ0v) is 12.0. The van der Waals surface area contributed by atoms with Crippen molar-refractivity contribution in [3.63, 3.8) is 0 Å². The van der Waals surface area contributed by atoms with Gasteiger partial charge in [0, 0.05) is 10.6 Å². The lowest BCUT2D eigenvalue weighted by Gasteiger charge is -2.17. The molecule has 8 heteroatoms.